The summed E-state index contributed by atoms with van der Waals surface area (Å²) < 4.78 is 6.18. The fourth-order valence-corrected chi connectivity index (χ4v) is 7.47. The van der Waals surface area contributed by atoms with E-state index in [0.717, 1.165) is 73.9 Å². The Kier molecular flexibility index (Phi) is 6.31. The number of aromatic nitrogens is 2. The van der Waals surface area contributed by atoms with Gasteiger partial charge < -0.3 is 4.42 Å². The van der Waals surface area contributed by atoms with Crippen molar-refractivity contribution in [3.8, 4) is 44.6 Å². The lowest BCUT2D eigenvalue weighted by Crippen LogP contribution is -1.93. The summed E-state index contributed by atoms with van der Waals surface area (Å²) in [5.41, 5.74) is 12.8. The molecule has 230 valence electrons. The summed E-state index contributed by atoms with van der Waals surface area (Å²) in [4.78, 5) is 10.6. The Labute approximate surface area is 283 Å². The lowest BCUT2D eigenvalue weighted by atomic mass is 9.93. The molecule has 3 heteroatoms. The minimum Gasteiger partial charge on any atom is -0.460 e. The van der Waals surface area contributed by atoms with Crippen LogP contribution in [0.3, 0.4) is 0 Å². The van der Waals surface area contributed by atoms with Gasteiger partial charge in [0.05, 0.1) is 22.9 Å². The number of benzene rings is 7. The molecule has 9 aromatic rings. The third-order valence-corrected chi connectivity index (χ3v) is 9.94. The molecular weight excluding hydrogens is 597 g/mol. The van der Waals surface area contributed by atoms with Crippen LogP contribution in [0.25, 0.3) is 94.3 Å². The summed E-state index contributed by atoms with van der Waals surface area (Å²) in [6.07, 6.45) is 8.36. The Bertz CT molecular complexity index is 2760. The minimum atomic E-state index is 0.851. The smallest absolute Gasteiger partial charge is 0.134 e. The van der Waals surface area contributed by atoms with Crippen LogP contribution in [0.4, 0.5) is 0 Å². The van der Waals surface area contributed by atoms with Gasteiger partial charge in [-0.15, -0.1) is 0 Å². The molecule has 0 N–H and O–H groups in total. The van der Waals surface area contributed by atoms with Crippen LogP contribution in [0.2, 0.25) is 0 Å². The zero-order chi connectivity index (χ0) is 32.3. The van der Waals surface area contributed by atoms with Gasteiger partial charge in [0.2, 0.25) is 0 Å². The number of nitrogens with zero attached hydrogens (tertiary/aromatic N) is 2. The summed E-state index contributed by atoms with van der Waals surface area (Å²) >= 11 is 0. The largest absolute Gasteiger partial charge is 0.460 e. The van der Waals surface area contributed by atoms with Gasteiger partial charge in [-0.3, -0.25) is 4.98 Å². The maximum atomic E-state index is 6.18. The molecule has 0 saturated carbocycles. The van der Waals surface area contributed by atoms with E-state index in [-0.39, 0.29) is 0 Å². The highest BCUT2D eigenvalue weighted by molar-refractivity contribution is 6.24. The maximum absolute atomic E-state index is 6.18. The van der Waals surface area contributed by atoms with Crippen LogP contribution in [0.5, 0.6) is 0 Å². The first kappa shape index (κ1) is 27.8. The monoisotopic (exact) mass is 626 g/mol. The zero-order valence-electron chi connectivity index (χ0n) is 26.7. The van der Waals surface area contributed by atoms with Crippen molar-refractivity contribution >= 4 is 49.6 Å². The van der Waals surface area contributed by atoms with Gasteiger partial charge in [0, 0.05) is 33.7 Å². The van der Waals surface area contributed by atoms with Gasteiger partial charge in [0.25, 0.3) is 0 Å². The second-order valence-electron chi connectivity index (χ2n) is 12.9. The van der Waals surface area contributed by atoms with Crippen molar-refractivity contribution in [2.45, 2.75) is 12.8 Å². The minimum absolute atomic E-state index is 0.851. The van der Waals surface area contributed by atoms with E-state index in [1.165, 1.54) is 38.4 Å². The van der Waals surface area contributed by atoms with Crippen molar-refractivity contribution in [1.82, 2.24) is 9.97 Å². The van der Waals surface area contributed by atoms with Gasteiger partial charge in [-0.1, -0.05) is 121 Å². The third kappa shape index (κ3) is 4.66. The molecular formula is C46H30N2O. The first-order valence-corrected chi connectivity index (χ1v) is 16.9. The molecule has 7 aromatic carbocycles. The average molecular weight is 627 g/mol. The summed E-state index contributed by atoms with van der Waals surface area (Å²) in [5, 5.41) is 5.73. The Morgan fingerprint density at radius 3 is 1.80 bits per heavy atom. The number of furan rings is 1. The normalized spacial score (nSPS) is 12.7. The van der Waals surface area contributed by atoms with Gasteiger partial charge in [0.15, 0.2) is 0 Å². The van der Waals surface area contributed by atoms with Gasteiger partial charge >= 0.3 is 0 Å². The number of fused-ring (bicyclic) bond motifs is 9. The quantitative estimate of drug-likeness (QED) is 0.182. The molecule has 0 saturated heterocycles. The van der Waals surface area contributed by atoms with Crippen LogP contribution < -0.4 is 0 Å². The molecule has 1 aliphatic carbocycles. The SMILES string of the molecule is C1=Cc2c(oc3ccc(-c4cccc(-c5cnc6c7cc(-c8ccccc8)ccc7c7ccc(-c8ccccc8)cc7c6n5)c4)cc23)CC1. The zero-order valence-corrected chi connectivity index (χ0v) is 26.7. The molecule has 49 heavy (non-hydrogen) atoms. The fourth-order valence-electron chi connectivity index (χ4n) is 7.47. The van der Waals surface area contributed by atoms with Crippen LogP contribution in [-0.4, -0.2) is 9.97 Å². The van der Waals surface area contributed by atoms with Crippen LogP contribution >= 0.6 is 0 Å². The van der Waals surface area contributed by atoms with E-state index >= 15 is 0 Å². The summed E-state index contributed by atoms with van der Waals surface area (Å²) in [5.74, 6) is 1.08. The predicted octanol–water partition coefficient (Wildman–Crippen LogP) is 12.3. The molecule has 0 unspecified atom stereocenters. The molecule has 1 aliphatic rings. The molecule has 0 bridgehead atoms. The van der Waals surface area contributed by atoms with Crippen molar-refractivity contribution in [1.29, 1.82) is 0 Å². The second kappa shape index (κ2) is 11.1. The number of aryl methyl sites for hydroxylation is 1. The number of allylic oxidation sites excluding steroid dienone is 1. The first-order chi connectivity index (χ1) is 24.3. The molecule has 0 spiro atoms. The van der Waals surface area contributed by atoms with Crippen LogP contribution in [-0.2, 0) is 6.42 Å². The topological polar surface area (TPSA) is 38.9 Å². The standard InChI is InChI=1S/C46H30N2O/c1-3-10-29(11-4-1)32-18-21-36-37-22-19-33(30-12-5-2-6-13-30)27-41(37)46-45(40(36)26-32)47-28-42(48-46)35-15-9-14-31(24-35)34-20-23-44-39(25-34)38-16-7-8-17-43(38)49-44/h1-7,9-16,18-28H,8,17H2. The summed E-state index contributed by atoms with van der Waals surface area (Å²) in [7, 11) is 0. The molecule has 0 fully saturated rings. The Morgan fingerprint density at radius 1 is 0.469 bits per heavy atom. The Balaban J connectivity index is 1.16. The van der Waals surface area contributed by atoms with E-state index in [1.54, 1.807) is 0 Å². The Morgan fingerprint density at radius 2 is 1.06 bits per heavy atom. The van der Waals surface area contributed by atoms with Crippen molar-refractivity contribution < 1.29 is 4.42 Å². The van der Waals surface area contributed by atoms with E-state index in [2.05, 4.69) is 152 Å². The molecule has 0 aliphatic heterocycles. The number of hydrogen-bond acceptors (Lipinski definition) is 3. The highest BCUT2D eigenvalue weighted by Gasteiger charge is 2.17. The molecule has 0 radical (unpaired) electrons. The maximum Gasteiger partial charge on any atom is 0.134 e. The average Bonchev–Trinajstić information content (AvgIpc) is 3.56. The number of rotatable bonds is 4. The van der Waals surface area contributed by atoms with Crippen LogP contribution in [0.1, 0.15) is 17.7 Å². The van der Waals surface area contributed by atoms with Crippen molar-refractivity contribution in [2.24, 2.45) is 0 Å². The molecule has 3 nitrogen and oxygen atoms in total. The van der Waals surface area contributed by atoms with E-state index < -0.39 is 0 Å². The first-order valence-electron chi connectivity index (χ1n) is 16.9. The summed E-state index contributed by atoms with van der Waals surface area (Å²) in [6, 6.07) is 49.7. The molecule has 2 aromatic heterocycles. The Hall–Kier alpha value is -6.32. The molecule has 0 atom stereocenters. The second-order valence-corrected chi connectivity index (χ2v) is 12.9. The van der Waals surface area contributed by atoms with Gasteiger partial charge in [-0.2, -0.15) is 0 Å². The summed E-state index contributed by atoms with van der Waals surface area (Å²) in [6.45, 7) is 0. The third-order valence-electron chi connectivity index (χ3n) is 9.94. The van der Waals surface area contributed by atoms with Crippen molar-refractivity contribution in [3.05, 3.63) is 163 Å². The molecule has 10 rings (SSSR count). The van der Waals surface area contributed by atoms with E-state index in [4.69, 9.17) is 14.4 Å². The van der Waals surface area contributed by atoms with E-state index in [1.807, 2.05) is 6.20 Å². The van der Waals surface area contributed by atoms with E-state index in [0.29, 0.717) is 0 Å². The van der Waals surface area contributed by atoms with Crippen LogP contribution in [0, 0.1) is 0 Å². The van der Waals surface area contributed by atoms with Gasteiger partial charge in [-0.05, 0) is 80.9 Å². The fraction of sp³-hybridized carbons (Fsp3) is 0.0435. The van der Waals surface area contributed by atoms with Crippen molar-refractivity contribution in [2.75, 3.05) is 0 Å². The molecule has 0 amide bonds. The van der Waals surface area contributed by atoms with Gasteiger partial charge in [0.1, 0.15) is 11.3 Å². The number of hydrogen-bond donors (Lipinski definition) is 0. The lowest BCUT2D eigenvalue weighted by Gasteiger charge is -2.14. The van der Waals surface area contributed by atoms with E-state index in [9.17, 15) is 0 Å². The van der Waals surface area contributed by atoms with Crippen LogP contribution in [0.15, 0.2) is 156 Å². The highest BCUT2D eigenvalue weighted by Crippen LogP contribution is 2.39. The highest BCUT2D eigenvalue weighted by atomic mass is 16.3. The van der Waals surface area contributed by atoms with Crippen molar-refractivity contribution in [3.63, 3.8) is 0 Å². The molecule has 2 heterocycles. The van der Waals surface area contributed by atoms with Gasteiger partial charge in [-0.25, -0.2) is 4.98 Å². The lowest BCUT2D eigenvalue weighted by molar-refractivity contribution is 0.546. The predicted molar refractivity (Wildman–Crippen MR) is 203 cm³/mol.